The van der Waals surface area contributed by atoms with Crippen molar-refractivity contribution in [3.05, 3.63) is 59.1 Å². The number of sulfonamides is 1. The van der Waals surface area contributed by atoms with E-state index < -0.39 is 21.7 Å². The highest BCUT2D eigenvalue weighted by Crippen LogP contribution is 2.20. The summed E-state index contributed by atoms with van der Waals surface area (Å²) in [4.78, 5) is 13.9. The van der Waals surface area contributed by atoms with Crippen LogP contribution in [0.25, 0.3) is 0 Å². The molecule has 2 aromatic rings. The Balaban J connectivity index is 1.56. The molecular formula is C18H18ClF2N3O3S. The van der Waals surface area contributed by atoms with Crippen molar-refractivity contribution in [3.8, 4) is 0 Å². The predicted molar refractivity (Wildman–Crippen MR) is 102 cm³/mol. The monoisotopic (exact) mass is 429 g/mol. The summed E-state index contributed by atoms with van der Waals surface area (Å²) in [7, 11) is -3.66. The number of rotatable bonds is 5. The van der Waals surface area contributed by atoms with Gasteiger partial charge in [0.1, 0.15) is 11.6 Å². The van der Waals surface area contributed by atoms with Crippen LogP contribution in [-0.2, 0) is 14.8 Å². The number of hydrogen-bond donors (Lipinski definition) is 1. The van der Waals surface area contributed by atoms with Gasteiger partial charge in [0.25, 0.3) is 0 Å². The molecule has 0 unspecified atom stereocenters. The predicted octanol–water partition coefficient (Wildman–Crippen LogP) is 2.56. The average Bonchev–Trinajstić information content (AvgIpc) is 2.69. The Morgan fingerprint density at radius 3 is 2.32 bits per heavy atom. The number of anilines is 1. The summed E-state index contributed by atoms with van der Waals surface area (Å²) in [5, 5.41) is 3.01. The number of carbonyl (C=O) groups is 1. The lowest BCUT2D eigenvalue weighted by atomic mass is 10.3. The Morgan fingerprint density at radius 2 is 1.68 bits per heavy atom. The molecule has 1 aliphatic rings. The summed E-state index contributed by atoms with van der Waals surface area (Å²) in [6.45, 7) is 0.484. The highest BCUT2D eigenvalue weighted by atomic mass is 35.5. The largest absolute Gasteiger partial charge is 0.374 e. The van der Waals surface area contributed by atoms with Crippen LogP contribution in [0.3, 0.4) is 0 Å². The van der Waals surface area contributed by atoms with Crippen LogP contribution in [0.1, 0.15) is 0 Å². The van der Waals surface area contributed by atoms with Crippen molar-refractivity contribution >= 4 is 33.2 Å². The summed E-state index contributed by atoms with van der Waals surface area (Å²) < 4.78 is 53.4. The van der Waals surface area contributed by atoms with Crippen molar-refractivity contribution in [1.82, 2.24) is 9.21 Å². The van der Waals surface area contributed by atoms with Gasteiger partial charge in [0.05, 0.1) is 17.1 Å². The third kappa shape index (κ3) is 4.60. The fourth-order valence-corrected chi connectivity index (χ4v) is 4.40. The summed E-state index contributed by atoms with van der Waals surface area (Å²) in [6.07, 6.45) is 0. The number of hydrogen-bond acceptors (Lipinski definition) is 4. The van der Waals surface area contributed by atoms with Gasteiger partial charge in [-0.1, -0.05) is 11.6 Å². The van der Waals surface area contributed by atoms with E-state index in [9.17, 15) is 22.0 Å². The Bertz CT molecular complexity index is 963. The smallest absolute Gasteiger partial charge is 0.243 e. The molecule has 0 aliphatic carbocycles. The third-order valence-corrected chi connectivity index (χ3v) is 6.57. The second-order valence-electron chi connectivity index (χ2n) is 6.22. The zero-order valence-electron chi connectivity index (χ0n) is 14.7. The molecule has 1 amide bonds. The van der Waals surface area contributed by atoms with E-state index in [-0.39, 0.29) is 49.2 Å². The Labute approximate surface area is 166 Å². The van der Waals surface area contributed by atoms with E-state index in [0.29, 0.717) is 5.02 Å². The molecule has 2 aromatic carbocycles. The van der Waals surface area contributed by atoms with Gasteiger partial charge in [-0.05, 0) is 42.5 Å². The summed E-state index contributed by atoms with van der Waals surface area (Å²) >= 11 is 5.79. The third-order valence-electron chi connectivity index (χ3n) is 4.40. The summed E-state index contributed by atoms with van der Waals surface area (Å²) in [5.74, 6) is -1.60. The molecule has 1 heterocycles. The molecule has 1 N–H and O–H groups in total. The highest BCUT2D eigenvalue weighted by Gasteiger charge is 2.30. The first kappa shape index (κ1) is 20.5. The Morgan fingerprint density at radius 1 is 1.04 bits per heavy atom. The van der Waals surface area contributed by atoms with Crippen molar-refractivity contribution in [3.63, 3.8) is 0 Å². The quantitative estimate of drug-likeness (QED) is 0.793. The van der Waals surface area contributed by atoms with Crippen LogP contribution in [0.4, 0.5) is 14.5 Å². The number of nitrogens with one attached hydrogen (secondary N) is 1. The van der Waals surface area contributed by atoms with Crippen LogP contribution in [-0.4, -0.2) is 56.3 Å². The van der Waals surface area contributed by atoms with Gasteiger partial charge in [-0.2, -0.15) is 4.31 Å². The second-order valence-corrected chi connectivity index (χ2v) is 8.59. The molecule has 28 heavy (non-hydrogen) atoms. The summed E-state index contributed by atoms with van der Waals surface area (Å²) in [6, 6.07) is 8.82. The number of nitrogens with zero attached hydrogens (tertiary/aromatic N) is 2. The lowest BCUT2D eigenvalue weighted by molar-refractivity contribution is -0.130. The van der Waals surface area contributed by atoms with Crippen LogP contribution >= 0.6 is 11.6 Å². The first-order valence-corrected chi connectivity index (χ1v) is 10.3. The number of halogens is 3. The topological polar surface area (TPSA) is 69.7 Å². The Kier molecular flexibility index (Phi) is 6.17. The van der Waals surface area contributed by atoms with Gasteiger partial charge in [-0.3, -0.25) is 4.79 Å². The molecule has 0 radical (unpaired) electrons. The molecular weight excluding hydrogens is 412 g/mol. The maximum Gasteiger partial charge on any atom is 0.243 e. The standard InChI is InChI=1S/C18H18ClF2N3O3S/c19-13-1-4-15(5-2-13)28(26,27)24-9-7-23(8-10-24)18(25)12-22-17-11-14(20)3-6-16(17)21/h1-6,11,22H,7-10,12H2. The zero-order valence-corrected chi connectivity index (χ0v) is 16.3. The number of carbonyl (C=O) groups excluding carboxylic acids is 1. The van der Waals surface area contributed by atoms with Crippen LogP contribution < -0.4 is 5.32 Å². The van der Waals surface area contributed by atoms with E-state index in [1.807, 2.05) is 0 Å². The van der Waals surface area contributed by atoms with E-state index in [0.717, 1.165) is 18.2 Å². The van der Waals surface area contributed by atoms with Crippen molar-refractivity contribution in [2.45, 2.75) is 4.90 Å². The van der Waals surface area contributed by atoms with Crippen LogP contribution in [0, 0.1) is 11.6 Å². The van der Waals surface area contributed by atoms with Gasteiger partial charge in [0.2, 0.25) is 15.9 Å². The zero-order chi connectivity index (χ0) is 20.3. The second kappa shape index (κ2) is 8.42. The minimum Gasteiger partial charge on any atom is -0.374 e. The molecule has 10 heteroatoms. The van der Waals surface area contributed by atoms with Crippen molar-refractivity contribution in [2.75, 3.05) is 38.0 Å². The fraction of sp³-hybridized carbons (Fsp3) is 0.278. The van der Waals surface area contributed by atoms with E-state index in [4.69, 9.17) is 11.6 Å². The van der Waals surface area contributed by atoms with Crippen LogP contribution in [0.5, 0.6) is 0 Å². The molecule has 150 valence electrons. The minimum absolute atomic E-state index is 0.0997. The molecule has 0 bridgehead atoms. The van der Waals surface area contributed by atoms with Crippen LogP contribution in [0.15, 0.2) is 47.4 Å². The average molecular weight is 430 g/mol. The van der Waals surface area contributed by atoms with Gasteiger partial charge < -0.3 is 10.2 Å². The molecule has 1 saturated heterocycles. The van der Waals surface area contributed by atoms with Crippen molar-refractivity contribution in [2.24, 2.45) is 0 Å². The lowest BCUT2D eigenvalue weighted by Crippen LogP contribution is -2.51. The van der Waals surface area contributed by atoms with Gasteiger partial charge in [0.15, 0.2) is 0 Å². The molecule has 1 fully saturated rings. The van der Waals surface area contributed by atoms with Gasteiger partial charge in [-0.25, -0.2) is 17.2 Å². The molecule has 0 aromatic heterocycles. The molecule has 6 nitrogen and oxygen atoms in total. The van der Waals surface area contributed by atoms with Gasteiger partial charge >= 0.3 is 0 Å². The molecule has 0 saturated carbocycles. The van der Waals surface area contributed by atoms with E-state index >= 15 is 0 Å². The van der Waals surface area contributed by atoms with E-state index in [1.54, 1.807) is 0 Å². The van der Waals surface area contributed by atoms with Gasteiger partial charge in [-0.15, -0.1) is 0 Å². The normalized spacial score (nSPS) is 15.5. The highest BCUT2D eigenvalue weighted by molar-refractivity contribution is 7.89. The fourth-order valence-electron chi connectivity index (χ4n) is 2.85. The molecule has 0 spiro atoms. The number of benzene rings is 2. The maximum atomic E-state index is 13.6. The molecule has 3 rings (SSSR count). The molecule has 0 atom stereocenters. The first-order chi connectivity index (χ1) is 13.3. The van der Waals surface area contributed by atoms with Crippen molar-refractivity contribution in [1.29, 1.82) is 0 Å². The molecule has 1 aliphatic heterocycles. The SMILES string of the molecule is O=C(CNc1cc(F)ccc1F)N1CCN(S(=O)(=O)c2ccc(Cl)cc2)CC1. The van der Waals surface area contributed by atoms with Gasteiger partial charge in [0, 0.05) is 31.2 Å². The summed E-state index contributed by atoms with van der Waals surface area (Å²) in [5.41, 5.74) is -0.0997. The Hall–Kier alpha value is -2.23. The number of piperazine rings is 1. The van der Waals surface area contributed by atoms with E-state index in [2.05, 4.69) is 5.32 Å². The minimum atomic E-state index is -3.66. The maximum absolute atomic E-state index is 13.6. The van der Waals surface area contributed by atoms with Crippen LogP contribution in [0.2, 0.25) is 5.02 Å². The lowest BCUT2D eigenvalue weighted by Gasteiger charge is -2.34. The van der Waals surface area contributed by atoms with Crippen molar-refractivity contribution < 1.29 is 22.0 Å². The van der Waals surface area contributed by atoms with E-state index in [1.165, 1.54) is 33.5 Å². The number of amides is 1. The first-order valence-electron chi connectivity index (χ1n) is 8.50.